The molecule has 3 rings (SSSR count). The van der Waals surface area contributed by atoms with Crippen LogP contribution in [0.5, 0.6) is 0 Å². The first kappa shape index (κ1) is 18.7. The number of carbonyl (C=O) groups excluding carboxylic acids is 1. The Morgan fingerprint density at radius 2 is 2.04 bits per heavy atom. The summed E-state index contributed by atoms with van der Waals surface area (Å²) in [5.74, 6) is -0.0556. The van der Waals surface area contributed by atoms with Crippen LogP contribution < -0.4 is 5.43 Å². The van der Waals surface area contributed by atoms with Gasteiger partial charge < -0.3 is 0 Å². The topological polar surface area (TPSA) is 97.5 Å². The van der Waals surface area contributed by atoms with Crippen LogP contribution in [0.4, 0.5) is 5.69 Å². The van der Waals surface area contributed by atoms with Gasteiger partial charge >= 0.3 is 0 Å². The second kappa shape index (κ2) is 9.06. The number of thiazole rings is 1. The maximum Gasteiger partial charge on any atom is 0.276 e. The molecule has 1 heterocycles. The van der Waals surface area contributed by atoms with Crippen LogP contribution in [0, 0.1) is 10.1 Å². The minimum Gasteiger partial charge on any atom is -0.272 e. The van der Waals surface area contributed by atoms with E-state index in [-0.39, 0.29) is 17.3 Å². The maximum absolute atomic E-state index is 11.8. The molecule has 0 saturated heterocycles. The van der Waals surface area contributed by atoms with Crippen LogP contribution in [0.25, 0.3) is 16.3 Å². The lowest BCUT2D eigenvalue weighted by Gasteiger charge is -1.97. The molecule has 0 atom stereocenters. The summed E-state index contributed by atoms with van der Waals surface area (Å²) in [7, 11) is 0. The molecule has 2 aromatic carbocycles. The van der Waals surface area contributed by atoms with Gasteiger partial charge in [0.15, 0.2) is 4.34 Å². The maximum atomic E-state index is 11.8. The van der Waals surface area contributed by atoms with Crippen molar-refractivity contribution in [2.75, 3.05) is 5.75 Å². The Labute approximate surface area is 163 Å². The van der Waals surface area contributed by atoms with E-state index in [0.717, 1.165) is 14.6 Å². The van der Waals surface area contributed by atoms with Crippen molar-refractivity contribution in [3.63, 3.8) is 0 Å². The summed E-state index contributed by atoms with van der Waals surface area (Å²) in [5, 5.41) is 14.7. The van der Waals surface area contributed by atoms with Gasteiger partial charge in [0.25, 0.3) is 11.6 Å². The number of hydrazone groups is 1. The number of nitro groups is 1. The zero-order chi connectivity index (χ0) is 19.1. The number of thioether (sulfide) groups is 1. The van der Waals surface area contributed by atoms with E-state index in [2.05, 4.69) is 15.5 Å². The van der Waals surface area contributed by atoms with Crippen molar-refractivity contribution >= 4 is 57.2 Å². The molecule has 7 nitrogen and oxygen atoms in total. The lowest BCUT2D eigenvalue weighted by molar-refractivity contribution is -0.385. The van der Waals surface area contributed by atoms with Gasteiger partial charge in [0.05, 0.1) is 26.5 Å². The first-order chi connectivity index (χ1) is 13.1. The number of nitro benzene ring substituents is 1. The van der Waals surface area contributed by atoms with E-state index in [1.807, 2.05) is 24.3 Å². The number of nitrogens with zero attached hydrogens (tertiary/aromatic N) is 3. The molecule has 1 aromatic heterocycles. The third kappa shape index (κ3) is 5.22. The van der Waals surface area contributed by atoms with Crippen molar-refractivity contribution in [2.45, 2.75) is 4.34 Å². The van der Waals surface area contributed by atoms with Gasteiger partial charge in [-0.05, 0) is 30.4 Å². The van der Waals surface area contributed by atoms with Crippen LogP contribution in [0.3, 0.4) is 0 Å². The van der Waals surface area contributed by atoms with Gasteiger partial charge in [-0.1, -0.05) is 36.0 Å². The lowest BCUT2D eigenvalue weighted by Crippen LogP contribution is -2.19. The summed E-state index contributed by atoms with van der Waals surface area (Å²) >= 11 is 2.89. The van der Waals surface area contributed by atoms with Gasteiger partial charge in [0.1, 0.15) is 0 Å². The highest BCUT2D eigenvalue weighted by atomic mass is 32.2. The summed E-state index contributed by atoms with van der Waals surface area (Å²) in [5.41, 5.74) is 3.81. The molecular formula is C18H14N4O3S2. The Morgan fingerprint density at radius 1 is 1.26 bits per heavy atom. The van der Waals surface area contributed by atoms with Crippen molar-refractivity contribution in [3.8, 4) is 0 Å². The minimum atomic E-state index is -0.447. The molecule has 0 radical (unpaired) electrons. The van der Waals surface area contributed by atoms with Gasteiger partial charge in [0, 0.05) is 12.3 Å². The second-order valence-electron chi connectivity index (χ2n) is 5.22. The highest BCUT2D eigenvalue weighted by Gasteiger charge is 2.09. The van der Waals surface area contributed by atoms with Crippen LogP contribution in [-0.2, 0) is 4.79 Å². The second-order valence-corrected chi connectivity index (χ2v) is 7.48. The van der Waals surface area contributed by atoms with Crippen molar-refractivity contribution in [1.29, 1.82) is 0 Å². The van der Waals surface area contributed by atoms with Gasteiger partial charge in [0.2, 0.25) is 0 Å². The van der Waals surface area contributed by atoms with E-state index in [1.165, 1.54) is 41.5 Å². The summed E-state index contributed by atoms with van der Waals surface area (Å²) in [4.78, 5) is 26.7. The summed E-state index contributed by atoms with van der Waals surface area (Å²) in [6, 6.07) is 14.2. The van der Waals surface area contributed by atoms with Gasteiger partial charge in [-0.25, -0.2) is 10.4 Å². The van der Waals surface area contributed by atoms with Crippen LogP contribution >= 0.6 is 23.1 Å². The van der Waals surface area contributed by atoms with Gasteiger partial charge in [-0.2, -0.15) is 5.10 Å². The first-order valence-electron chi connectivity index (χ1n) is 7.84. The van der Waals surface area contributed by atoms with E-state index < -0.39 is 4.92 Å². The predicted molar refractivity (Wildman–Crippen MR) is 109 cm³/mol. The molecule has 1 amide bonds. The molecule has 1 N–H and O–H groups in total. The number of fused-ring (bicyclic) bond motifs is 1. The Balaban J connectivity index is 1.48. The zero-order valence-electron chi connectivity index (χ0n) is 13.9. The first-order valence-corrected chi connectivity index (χ1v) is 9.64. The highest BCUT2D eigenvalue weighted by Crippen LogP contribution is 2.29. The summed E-state index contributed by atoms with van der Waals surface area (Å²) in [6.45, 7) is 0. The van der Waals surface area contributed by atoms with Crippen LogP contribution in [0.2, 0.25) is 0 Å². The summed E-state index contributed by atoms with van der Waals surface area (Å²) in [6.07, 6.45) is 4.46. The Bertz CT molecular complexity index is 997. The number of carbonyl (C=O) groups is 1. The average Bonchev–Trinajstić information content (AvgIpc) is 3.09. The van der Waals surface area contributed by atoms with Crippen molar-refractivity contribution < 1.29 is 9.72 Å². The molecule has 0 fully saturated rings. The fourth-order valence-electron chi connectivity index (χ4n) is 2.17. The molecule has 0 aliphatic rings. The SMILES string of the molecule is O=C(CSc1nc2ccccc2s1)NN=CC=Cc1ccccc1[N+](=O)[O-]. The van der Waals surface area contributed by atoms with E-state index in [0.29, 0.717) is 5.56 Å². The lowest BCUT2D eigenvalue weighted by atomic mass is 10.2. The van der Waals surface area contributed by atoms with E-state index in [1.54, 1.807) is 24.3 Å². The number of nitrogens with one attached hydrogen (secondary N) is 1. The van der Waals surface area contributed by atoms with Crippen molar-refractivity contribution in [2.24, 2.45) is 5.10 Å². The number of aromatic nitrogens is 1. The predicted octanol–water partition coefficient (Wildman–Crippen LogP) is 4.11. The smallest absolute Gasteiger partial charge is 0.272 e. The van der Waals surface area contributed by atoms with Crippen LogP contribution in [-0.4, -0.2) is 27.8 Å². The third-order valence-corrected chi connectivity index (χ3v) is 5.54. The average molecular weight is 398 g/mol. The fraction of sp³-hybridized carbons (Fsp3) is 0.0556. The Hall–Kier alpha value is -3.04. The zero-order valence-corrected chi connectivity index (χ0v) is 15.6. The molecule has 3 aromatic rings. The number of allylic oxidation sites excluding steroid dienone is 1. The number of amides is 1. The molecule has 0 spiro atoms. The molecule has 0 aliphatic heterocycles. The largest absolute Gasteiger partial charge is 0.276 e. The molecule has 0 unspecified atom stereocenters. The standard InChI is InChI=1S/C18H14N4O3S2/c23-17(12-26-18-20-14-8-2-4-10-16(14)27-18)21-19-11-5-7-13-6-1-3-9-15(13)22(24)25/h1-11H,12H2,(H,21,23). The molecule has 136 valence electrons. The number of hydrogen-bond donors (Lipinski definition) is 1. The van der Waals surface area contributed by atoms with E-state index in [4.69, 9.17) is 0 Å². The molecular weight excluding hydrogens is 384 g/mol. The van der Waals surface area contributed by atoms with E-state index in [9.17, 15) is 14.9 Å². The van der Waals surface area contributed by atoms with Gasteiger partial charge in [-0.15, -0.1) is 11.3 Å². The molecule has 27 heavy (non-hydrogen) atoms. The molecule has 0 saturated carbocycles. The van der Waals surface area contributed by atoms with E-state index >= 15 is 0 Å². The Kier molecular flexibility index (Phi) is 6.29. The van der Waals surface area contributed by atoms with Crippen molar-refractivity contribution in [3.05, 3.63) is 70.3 Å². The number of benzene rings is 2. The molecule has 0 aliphatic carbocycles. The van der Waals surface area contributed by atoms with Crippen molar-refractivity contribution in [1.82, 2.24) is 10.4 Å². The van der Waals surface area contributed by atoms with Crippen LogP contribution in [0.15, 0.2) is 64.0 Å². The number of para-hydroxylation sites is 2. The normalized spacial score (nSPS) is 11.4. The monoisotopic (exact) mass is 398 g/mol. The Morgan fingerprint density at radius 3 is 2.85 bits per heavy atom. The fourth-order valence-corrected chi connectivity index (χ4v) is 4.03. The number of hydrogen-bond acceptors (Lipinski definition) is 7. The molecule has 0 bridgehead atoms. The van der Waals surface area contributed by atoms with Gasteiger partial charge in [-0.3, -0.25) is 14.9 Å². The van der Waals surface area contributed by atoms with Crippen LogP contribution in [0.1, 0.15) is 5.56 Å². The summed E-state index contributed by atoms with van der Waals surface area (Å²) < 4.78 is 1.91. The quantitative estimate of drug-likeness (QED) is 0.279. The third-order valence-electron chi connectivity index (χ3n) is 3.36. The number of rotatable bonds is 7. The minimum absolute atomic E-state index is 0.0124. The molecule has 9 heteroatoms. The highest BCUT2D eigenvalue weighted by molar-refractivity contribution is 8.01.